The van der Waals surface area contributed by atoms with Crippen molar-refractivity contribution >= 4 is 11.9 Å². The summed E-state index contributed by atoms with van der Waals surface area (Å²) in [6.45, 7) is 6.46. The average Bonchev–Trinajstić information content (AvgIpc) is 3.11. The molecule has 0 radical (unpaired) electrons. The smallest absolute Gasteiger partial charge is 0.451 e. The first kappa shape index (κ1) is 20.3. The van der Waals surface area contributed by atoms with Crippen molar-refractivity contribution in [3.8, 4) is 5.95 Å². The highest BCUT2D eigenvalue weighted by atomic mass is 19.4. The molecule has 2 rings (SSSR count). The van der Waals surface area contributed by atoms with Crippen LogP contribution in [-0.2, 0) is 11.0 Å². The molecule has 0 bridgehead atoms. The van der Waals surface area contributed by atoms with Gasteiger partial charge in [0.05, 0.1) is 12.0 Å². The molecule has 2 aromatic rings. The number of alkyl halides is 3. The number of carbonyl (C=O) groups is 2. The van der Waals surface area contributed by atoms with Crippen molar-refractivity contribution in [3.63, 3.8) is 0 Å². The lowest BCUT2D eigenvalue weighted by Gasteiger charge is -2.32. The minimum absolute atomic E-state index is 0.0809. The monoisotopic (exact) mass is 389 g/mol. The van der Waals surface area contributed by atoms with Crippen LogP contribution in [0.15, 0.2) is 0 Å². The van der Waals surface area contributed by atoms with Crippen LogP contribution in [0.1, 0.15) is 49.5 Å². The van der Waals surface area contributed by atoms with E-state index in [1.54, 1.807) is 25.9 Å². The number of aliphatic carboxylic acids is 1. The molecule has 148 valence electrons. The number of carboxylic acids is 1. The van der Waals surface area contributed by atoms with E-state index < -0.39 is 35.4 Å². The summed E-state index contributed by atoms with van der Waals surface area (Å²) < 4.78 is 38.8. The van der Waals surface area contributed by atoms with Gasteiger partial charge in [-0.2, -0.15) is 22.8 Å². The predicted octanol–water partition coefficient (Wildman–Crippen LogP) is 1.33. The molecule has 27 heavy (non-hydrogen) atoms. The van der Waals surface area contributed by atoms with E-state index >= 15 is 0 Å². The first-order valence-corrected chi connectivity index (χ1v) is 7.81. The van der Waals surface area contributed by atoms with Crippen LogP contribution >= 0.6 is 0 Å². The zero-order chi connectivity index (χ0) is 20.6. The number of carboxylic acid groups (broad SMARTS) is 1. The summed E-state index contributed by atoms with van der Waals surface area (Å²) in [6, 6.07) is 0. The molecular formula is C14H18F3N7O3. The Kier molecular flexibility index (Phi) is 5.24. The van der Waals surface area contributed by atoms with E-state index in [4.69, 9.17) is 5.11 Å². The Morgan fingerprint density at radius 3 is 2.41 bits per heavy atom. The number of aromatic nitrogens is 6. The number of nitrogens with one attached hydrogen (secondary N) is 2. The average molecular weight is 389 g/mol. The zero-order valence-electron chi connectivity index (χ0n) is 14.9. The zero-order valence-corrected chi connectivity index (χ0v) is 14.9. The van der Waals surface area contributed by atoms with Crippen molar-refractivity contribution < 1.29 is 27.9 Å². The molecule has 10 nitrogen and oxygen atoms in total. The molecule has 1 atom stereocenters. The fourth-order valence-electron chi connectivity index (χ4n) is 2.17. The van der Waals surface area contributed by atoms with Crippen LogP contribution in [-0.4, -0.2) is 52.5 Å². The SMILES string of the molecule is Cc1nc(C(=O)NC(C)(CC(=O)O)C(C)C)nn1-c1n[nH]c(C(F)(F)F)n1. The summed E-state index contributed by atoms with van der Waals surface area (Å²) in [5, 5.41) is 20.6. The van der Waals surface area contributed by atoms with Gasteiger partial charge in [-0.05, 0) is 19.8 Å². The summed E-state index contributed by atoms with van der Waals surface area (Å²) in [5.74, 6) is -4.08. The van der Waals surface area contributed by atoms with Gasteiger partial charge in [-0.1, -0.05) is 13.8 Å². The van der Waals surface area contributed by atoms with Gasteiger partial charge in [-0.25, -0.2) is 4.98 Å². The summed E-state index contributed by atoms with van der Waals surface area (Å²) in [4.78, 5) is 30.7. The minimum atomic E-state index is -4.71. The summed E-state index contributed by atoms with van der Waals surface area (Å²) in [5.41, 5.74) is -1.07. The second kappa shape index (κ2) is 6.96. The molecular weight excluding hydrogens is 371 g/mol. The minimum Gasteiger partial charge on any atom is -0.481 e. The second-order valence-corrected chi connectivity index (χ2v) is 6.47. The van der Waals surface area contributed by atoms with Crippen LogP contribution < -0.4 is 5.32 Å². The Bertz CT molecular complexity index is 859. The van der Waals surface area contributed by atoms with Crippen LogP contribution in [0.3, 0.4) is 0 Å². The molecule has 1 amide bonds. The van der Waals surface area contributed by atoms with Crippen molar-refractivity contribution in [2.24, 2.45) is 5.92 Å². The van der Waals surface area contributed by atoms with E-state index in [1.807, 2.05) is 0 Å². The highest BCUT2D eigenvalue weighted by molar-refractivity contribution is 5.91. The lowest BCUT2D eigenvalue weighted by molar-refractivity contribution is -0.144. The van der Waals surface area contributed by atoms with E-state index in [0.29, 0.717) is 0 Å². The van der Waals surface area contributed by atoms with Crippen molar-refractivity contribution in [1.82, 2.24) is 35.3 Å². The summed E-state index contributed by atoms with van der Waals surface area (Å²) in [7, 11) is 0. The molecule has 0 aliphatic rings. The Labute approximate surface area is 151 Å². The van der Waals surface area contributed by atoms with E-state index in [1.165, 1.54) is 6.92 Å². The van der Waals surface area contributed by atoms with Crippen molar-refractivity contribution in [2.75, 3.05) is 0 Å². The summed E-state index contributed by atoms with van der Waals surface area (Å²) >= 11 is 0. The standard InChI is InChI=1S/C14H18F3N7O3/c1-6(2)13(4,5-8(25)26)20-10(27)9-18-7(3)24(23-9)12-19-11(21-22-12)14(15,16)17/h6H,5H2,1-4H3,(H,20,27)(H,25,26)(H,19,21,22). The number of amides is 1. The molecule has 0 fully saturated rings. The number of H-pyrrole nitrogens is 1. The maximum Gasteiger partial charge on any atom is 0.451 e. The molecule has 0 aliphatic heterocycles. The van der Waals surface area contributed by atoms with Crippen LogP contribution in [0.2, 0.25) is 0 Å². The Balaban J connectivity index is 2.28. The van der Waals surface area contributed by atoms with Crippen molar-refractivity contribution in [3.05, 3.63) is 17.5 Å². The molecule has 0 aromatic carbocycles. The highest BCUT2D eigenvalue weighted by Gasteiger charge is 2.36. The van der Waals surface area contributed by atoms with Gasteiger partial charge in [0.15, 0.2) is 0 Å². The fourth-order valence-corrected chi connectivity index (χ4v) is 2.17. The largest absolute Gasteiger partial charge is 0.481 e. The lowest BCUT2D eigenvalue weighted by Crippen LogP contribution is -2.51. The quantitative estimate of drug-likeness (QED) is 0.677. The second-order valence-electron chi connectivity index (χ2n) is 6.47. The van der Waals surface area contributed by atoms with Crippen LogP contribution in [0.25, 0.3) is 5.95 Å². The molecule has 3 N–H and O–H groups in total. The molecule has 0 spiro atoms. The summed E-state index contributed by atoms with van der Waals surface area (Å²) in [6.07, 6.45) is -5.04. The topological polar surface area (TPSA) is 139 Å². The van der Waals surface area contributed by atoms with E-state index in [2.05, 4.69) is 25.5 Å². The number of aromatic amines is 1. The Morgan fingerprint density at radius 1 is 1.30 bits per heavy atom. The van der Waals surface area contributed by atoms with E-state index in [9.17, 15) is 22.8 Å². The van der Waals surface area contributed by atoms with Crippen molar-refractivity contribution in [1.29, 1.82) is 0 Å². The van der Waals surface area contributed by atoms with Gasteiger partial charge in [0.2, 0.25) is 11.6 Å². The van der Waals surface area contributed by atoms with Crippen molar-refractivity contribution in [2.45, 2.75) is 45.8 Å². The van der Waals surface area contributed by atoms with Gasteiger partial charge in [-0.15, -0.1) is 10.2 Å². The molecule has 1 unspecified atom stereocenters. The van der Waals surface area contributed by atoms with Crippen LogP contribution in [0, 0.1) is 12.8 Å². The van der Waals surface area contributed by atoms with Gasteiger partial charge >= 0.3 is 12.1 Å². The Morgan fingerprint density at radius 2 is 1.93 bits per heavy atom. The van der Waals surface area contributed by atoms with Gasteiger partial charge in [-0.3, -0.25) is 14.7 Å². The first-order valence-electron chi connectivity index (χ1n) is 7.81. The third-order valence-corrected chi connectivity index (χ3v) is 4.10. The normalized spacial score (nSPS) is 14.2. The third-order valence-electron chi connectivity index (χ3n) is 4.10. The maximum atomic E-state index is 12.6. The number of hydrogen-bond acceptors (Lipinski definition) is 6. The van der Waals surface area contributed by atoms with Gasteiger partial charge in [0, 0.05) is 0 Å². The number of rotatable bonds is 6. The molecule has 13 heteroatoms. The Hall–Kier alpha value is -2.99. The van der Waals surface area contributed by atoms with Crippen LogP contribution in [0.4, 0.5) is 13.2 Å². The van der Waals surface area contributed by atoms with Gasteiger partial charge in [0.25, 0.3) is 11.9 Å². The molecule has 2 heterocycles. The van der Waals surface area contributed by atoms with Gasteiger partial charge < -0.3 is 10.4 Å². The number of carbonyl (C=O) groups excluding carboxylic acids is 1. The molecule has 0 saturated heterocycles. The highest BCUT2D eigenvalue weighted by Crippen LogP contribution is 2.26. The molecule has 2 aromatic heterocycles. The number of nitrogens with zero attached hydrogens (tertiary/aromatic N) is 5. The van der Waals surface area contributed by atoms with Crippen LogP contribution in [0.5, 0.6) is 0 Å². The maximum absolute atomic E-state index is 12.6. The first-order chi connectivity index (χ1) is 12.3. The third kappa shape index (κ3) is 4.41. The van der Waals surface area contributed by atoms with E-state index in [0.717, 1.165) is 4.68 Å². The van der Waals surface area contributed by atoms with E-state index in [-0.39, 0.29) is 24.0 Å². The molecule has 0 aliphatic carbocycles. The van der Waals surface area contributed by atoms with Gasteiger partial charge in [0.1, 0.15) is 5.82 Å². The molecule has 0 saturated carbocycles. The number of aryl methyl sites for hydroxylation is 1. The predicted molar refractivity (Wildman–Crippen MR) is 84.0 cm³/mol. The fraction of sp³-hybridized carbons (Fsp3) is 0.571. The number of halogens is 3. The number of hydrogen-bond donors (Lipinski definition) is 3. The lowest BCUT2D eigenvalue weighted by atomic mass is 9.85.